The maximum Gasteiger partial charge on any atom is 0.252 e. The van der Waals surface area contributed by atoms with Crippen molar-refractivity contribution in [1.82, 2.24) is 10.3 Å². The van der Waals surface area contributed by atoms with Gasteiger partial charge in [0.25, 0.3) is 5.91 Å². The van der Waals surface area contributed by atoms with Gasteiger partial charge < -0.3 is 15.2 Å². The van der Waals surface area contributed by atoms with Crippen molar-refractivity contribution in [2.45, 2.75) is 6.10 Å². The van der Waals surface area contributed by atoms with E-state index >= 15 is 0 Å². The maximum atomic E-state index is 12.8. The number of nitrogens with one attached hydrogen (secondary N) is 1. The number of aliphatic hydroxyl groups excluding tert-OH is 1. The molecule has 0 bridgehead atoms. The molecule has 0 saturated carbocycles. The average molecular weight is 340 g/mol. The number of carbonyl (C=O) groups is 1. The molecule has 3 rings (SSSR count). The summed E-state index contributed by atoms with van der Waals surface area (Å²) >= 11 is 0. The third-order valence-corrected chi connectivity index (χ3v) is 3.65. The van der Waals surface area contributed by atoms with E-state index < -0.39 is 6.10 Å². The Morgan fingerprint density at radius 2 is 1.92 bits per heavy atom. The van der Waals surface area contributed by atoms with E-state index in [0.29, 0.717) is 11.3 Å². The molecule has 0 aliphatic rings. The summed E-state index contributed by atoms with van der Waals surface area (Å²) in [6.45, 7) is 0.0275. The van der Waals surface area contributed by atoms with E-state index in [4.69, 9.17) is 4.74 Å². The summed E-state index contributed by atoms with van der Waals surface area (Å²) in [5, 5.41) is 13.4. The number of hydrogen-bond acceptors (Lipinski definition) is 4. The van der Waals surface area contributed by atoms with Crippen LogP contribution in [0.2, 0.25) is 0 Å². The highest BCUT2D eigenvalue weighted by Gasteiger charge is 2.12. The molecule has 1 aromatic heterocycles. The fourth-order valence-electron chi connectivity index (χ4n) is 2.38. The second-order valence-corrected chi connectivity index (χ2v) is 5.50. The third-order valence-electron chi connectivity index (χ3n) is 3.65. The van der Waals surface area contributed by atoms with Crippen LogP contribution in [0.3, 0.4) is 0 Å². The zero-order valence-corrected chi connectivity index (χ0v) is 13.4. The van der Waals surface area contributed by atoms with Gasteiger partial charge in [-0.3, -0.25) is 9.78 Å². The highest BCUT2D eigenvalue weighted by atomic mass is 19.1. The van der Waals surface area contributed by atoms with E-state index in [9.17, 15) is 14.3 Å². The van der Waals surface area contributed by atoms with Gasteiger partial charge in [-0.15, -0.1) is 0 Å². The number of carbonyl (C=O) groups excluding carboxylic acids is 1. The lowest BCUT2D eigenvalue weighted by atomic mass is 10.1. The minimum Gasteiger partial charge on any atom is -0.491 e. The summed E-state index contributed by atoms with van der Waals surface area (Å²) in [5.74, 6) is -0.198. The fraction of sp³-hybridized carbons (Fsp3) is 0.158. The summed E-state index contributed by atoms with van der Waals surface area (Å²) in [7, 11) is 0. The minimum absolute atomic E-state index is 0.0109. The molecule has 0 aliphatic carbocycles. The summed E-state index contributed by atoms with van der Waals surface area (Å²) < 4.78 is 18.2. The molecule has 6 heteroatoms. The number of rotatable bonds is 6. The van der Waals surface area contributed by atoms with Crippen LogP contribution in [-0.2, 0) is 0 Å². The second kappa shape index (κ2) is 7.72. The van der Waals surface area contributed by atoms with Gasteiger partial charge in [-0.2, -0.15) is 0 Å². The Kier molecular flexibility index (Phi) is 5.20. The number of hydrogen-bond donors (Lipinski definition) is 2. The molecular weight excluding hydrogens is 323 g/mol. The van der Waals surface area contributed by atoms with Crippen molar-refractivity contribution >= 4 is 16.8 Å². The van der Waals surface area contributed by atoms with Gasteiger partial charge in [0.1, 0.15) is 24.3 Å². The first-order valence-corrected chi connectivity index (χ1v) is 7.82. The van der Waals surface area contributed by atoms with Crippen molar-refractivity contribution in [3.05, 3.63) is 72.2 Å². The molecule has 0 spiro atoms. The van der Waals surface area contributed by atoms with Crippen LogP contribution in [0.4, 0.5) is 4.39 Å². The Balaban J connectivity index is 1.55. The molecule has 0 radical (unpaired) electrons. The zero-order valence-electron chi connectivity index (χ0n) is 13.4. The Bertz CT molecular complexity index is 863. The van der Waals surface area contributed by atoms with Gasteiger partial charge in [0.05, 0.1) is 11.1 Å². The first-order valence-electron chi connectivity index (χ1n) is 7.82. The molecule has 128 valence electrons. The average Bonchev–Trinajstić information content (AvgIpc) is 2.65. The van der Waals surface area contributed by atoms with Gasteiger partial charge in [0, 0.05) is 18.1 Å². The fourth-order valence-corrected chi connectivity index (χ4v) is 2.38. The first-order chi connectivity index (χ1) is 12.1. The predicted molar refractivity (Wildman–Crippen MR) is 92.0 cm³/mol. The zero-order chi connectivity index (χ0) is 17.6. The van der Waals surface area contributed by atoms with Crippen molar-refractivity contribution < 1.29 is 19.0 Å². The molecular formula is C19H17FN2O3. The van der Waals surface area contributed by atoms with Crippen molar-refractivity contribution in [3.8, 4) is 5.75 Å². The lowest BCUT2D eigenvalue weighted by Gasteiger charge is -2.14. The van der Waals surface area contributed by atoms with Gasteiger partial charge in [-0.05, 0) is 36.4 Å². The highest BCUT2D eigenvalue weighted by molar-refractivity contribution is 6.05. The van der Waals surface area contributed by atoms with Crippen LogP contribution in [0.15, 0.2) is 60.8 Å². The van der Waals surface area contributed by atoms with Gasteiger partial charge in [-0.1, -0.05) is 18.2 Å². The van der Waals surface area contributed by atoms with Gasteiger partial charge in [-0.25, -0.2) is 4.39 Å². The normalized spacial score (nSPS) is 11.9. The summed E-state index contributed by atoms with van der Waals surface area (Å²) in [6.07, 6.45) is 0.688. The van der Waals surface area contributed by atoms with Crippen LogP contribution in [0.5, 0.6) is 5.75 Å². The number of halogens is 1. The topological polar surface area (TPSA) is 71.5 Å². The van der Waals surface area contributed by atoms with Crippen molar-refractivity contribution in [1.29, 1.82) is 0 Å². The third kappa shape index (κ3) is 4.30. The number of ether oxygens (including phenoxy) is 1. The molecule has 25 heavy (non-hydrogen) atoms. The monoisotopic (exact) mass is 340 g/mol. The molecule has 1 atom stereocenters. The summed E-state index contributed by atoms with van der Waals surface area (Å²) in [4.78, 5) is 16.6. The van der Waals surface area contributed by atoms with E-state index in [2.05, 4.69) is 10.3 Å². The number of para-hydroxylation sites is 1. The van der Waals surface area contributed by atoms with Crippen LogP contribution in [0.1, 0.15) is 10.4 Å². The molecule has 0 aliphatic heterocycles. The van der Waals surface area contributed by atoms with Crippen molar-refractivity contribution in [2.24, 2.45) is 0 Å². The first kappa shape index (κ1) is 16.9. The lowest BCUT2D eigenvalue weighted by molar-refractivity contribution is 0.0845. The summed E-state index contributed by atoms with van der Waals surface area (Å²) in [6, 6.07) is 14.5. The van der Waals surface area contributed by atoms with Crippen LogP contribution in [0, 0.1) is 5.82 Å². The predicted octanol–water partition coefficient (Wildman–Crippen LogP) is 2.54. The number of nitrogens with zero attached hydrogens (tertiary/aromatic N) is 1. The van der Waals surface area contributed by atoms with E-state index in [1.54, 1.807) is 12.3 Å². The van der Waals surface area contributed by atoms with E-state index in [1.165, 1.54) is 24.3 Å². The van der Waals surface area contributed by atoms with E-state index in [-0.39, 0.29) is 24.9 Å². The molecule has 1 heterocycles. The molecule has 3 aromatic rings. The number of benzene rings is 2. The van der Waals surface area contributed by atoms with Gasteiger partial charge in [0.2, 0.25) is 0 Å². The number of amides is 1. The quantitative estimate of drug-likeness (QED) is 0.723. The van der Waals surface area contributed by atoms with Gasteiger partial charge in [0.15, 0.2) is 0 Å². The number of aliphatic hydroxyl groups is 1. The van der Waals surface area contributed by atoms with E-state index in [0.717, 1.165) is 10.9 Å². The molecule has 2 aromatic carbocycles. The standard InChI is InChI=1S/C19H17FN2O3/c20-13-5-7-15(8-6-13)25-12-14(23)11-22-19(24)17-9-10-21-18-4-2-1-3-16(17)18/h1-10,14,23H,11-12H2,(H,22,24). The molecule has 0 fully saturated rings. The Labute approximate surface area is 144 Å². The molecule has 5 nitrogen and oxygen atoms in total. The minimum atomic E-state index is -0.887. The SMILES string of the molecule is O=C(NCC(O)COc1ccc(F)cc1)c1ccnc2ccccc12. The van der Waals surface area contributed by atoms with Crippen LogP contribution >= 0.6 is 0 Å². The number of pyridine rings is 1. The molecule has 2 N–H and O–H groups in total. The van der Waals surface area contributed by atoms with Crippen LogP contribution in [-0.4, -0.2) is 35.3 Å². The van der Waals surface area contributed by atoms with Crippen LogP contribution in [0.25, 0.3) is 10.9 Å². The largest absolute Gasteiger partial charge is 0.491 e. The molecule has 1 unspecified atom stereocenters. The summed E-state index contributed by atoms with van der Waals surface area (Å²) in [5.41, 5.74) is 1.23. The molecule has 1 amide bonds. The number of aromatic nitrogens is 1. The van der Waals surface area contributed by atoms with Crippen LogP contribution < -0.4 is 10.1 Å². The maximum absolute atomic E-state index is 12.8. The highest BCUT2D eigenvalue weighted by Crippen LogP contribution is 2.16. The second-order valence-electron chi connectivity index (χ2n) is 5.50. The Hall–Kier alpha value is -2.99. The smallest absolute Gasteiger partial charge is 0.252 e. The van der Waals surface area contributed by atoms with Crippen molar-refractivity contribution in [2.75, 3.05) is 13.2 Å². The Morgan fingerprint density at radius 3 is 2.72 bits per heavy atom. The molecule has 0 saturated heterocycles. The number of fused-ring (bicyclic) bond motifs is 1. The Morgan fingerprint density at radius 1 is 1.16 bits per heavy atom. The lowest BCUT2D eigenvalue weighted by Crippen LogP contribution is -2.35. The van der Waals surface area contributed by atoms with E-state index in [1.807, 2.05) is 24.3 Å². The van der Waals surface area contributed by atoms with Crippen molar-refractivity contribution in [3.63, 3.8) is 0 Å². The van der Waals surface area contributed by atoms with Gasteiger partial charge >= 0.3 is 0 Å².